The standard InChI is InChI=1S/C15H19N3O2/c1-3-11-5-7-12(8-6-11)9-16-13-10-17-18(4-2)14(13)15(19)20/h5-8,10,16H,3-4,9H2,1-2H3,(H,19,20). The zero-order valence-electron chi connectivity index (χ0n) is 11.8. The molecule has 1 heterocycles. The Bertz CT molecular complexity index is 588. The molecule has 1 aromatic heterocycles. The number of nitrogens with zero attached hydrogens (tertiary/aromatic N) is 2. The summed E-state index contributed by atoms with van der Waals surface area (Å²) in [5.41, 5.74) is 3.16. The minimum atomic E-state index is -0.965. The fourth-order valence-electron chi connectivity index (χ4n) is 2.07. The molecule has 0 aliphatic rings. The second kappa shape index (κ2) is 6.23. The van der Waals surface area contributed by atoms with Crippen LogP contribution < -0.4 is 5.32 Å². The molecule has 5 nitrogen and oxygen atoms in total. The van der Waals surface area contributed by atoms with Crippen LogP contribution in [0.2, 0.25) is 0 Å². The Labute approximate surface area is 118 Å². The number of carboxylic acids is 1. The molecule has 5 heteroatoms. The smallest absolute Gasteiger partial charge is 0.356 e. The van der Waals surface area contributed by atoms with Crippen molar-refractivity contribution < 1.29 is 9.90 Å². The van der Waals surface area contributed by atoms with Gasteiger partial charge in [-0.1, -0.05) is 31.2 Å². The highest BCUT2D eigenvalue weighted by molar-refractivity contribution is 5.92. The first-order chi connectivity index (χ1) is 9.65. The molecule has 20 heavy (non-hydrogen) atoms. The number of aromatic carboxylic acids is 1. The third-order valence-electron chi connectivity index (χ3n) is 3.26. The highest BCUT2D eigenvalue weighted by atomic mass is 16.4. The van der Waals surface area contributed by atoms with E-state index < -0.39 is 5.97 Å². The van der Waals surface area contributed by atoms with Crippen molar-refractivity contribution in [1.29, 1.82) is 0 Å². The second-order valence-corrected chi connectivity index (χ2v) is 4.55. The van der Waals surface area contributed by atoms with Crippen LogP contribution in [-0.2, 0) is 19.5 Å². The van der Waals surface area contributed by atoms with Crippen LogP contribution in [0.3, 0.4) is 0 Å². The minimum Gasteiger partial charge on any atom is -0.476 e. The van der Waals surface area contributed by atoms with Gasteiger partial charge in [0.2, 0.25) is 0 Å². The van der Waals surface area contributed by atoms with Gasteiger partial charge in [-0.05, 0) is 24.5 Å². The van der Waals surface area contributed by atoms with Gasteiger partial charge in [0.25, 0.3) is 0 Å². The minimum absolute atomic E-state index is 0.206. The molecule has 2 rings (SSSR count). The van der Waals surface area contributed by atoms with Crippen molar-refractivity contribution in [2.45, 2.75) is 33.4 Å². The third-order valence-corrected chi connectivity index (χ3v) is 3.26. The van der Waals surface area contributed by atoms with E-state index in [-0.39, 0.29) is 5.69 Å². The van der Waals surface area contributed by atoms with Gasteiger partial charge in [0.1, 0.15) is 0 Å². The van der Waals surface area contributed by atoms with Gasteiger partial charge in [0, 0.05) is 13.1 Å². The first-order valence-corrected chi connectivity index (χ1v) is 6.76. The van der Waals surface area contributed by atoms with Gasteiger partial charge < -0.3 is 10.4 Å². The average Bonchev–Trinajstić information content (AvgIpc) is 2.88. The predicted octanol–water partition coefficient (Wildman–Crippen LogP) is 2.78. The first kappa shape index (κ1) is 14.1. The molecule has 0 aliphatic carbocycles. The largest absolute Gasteiger partial charge is 0.476 e. The number of carbonyl (C=O) groups is 1. The second-order valence-electron chi connectivity index (χ2n) is 4.55. The molecule has 1 aromatic carbocycles. The van der Waals surface area contributed by atoms with E-state index in [1.165, 1.54) is 10.2 Å². The van der Waals surface area contributed by atoms with Gasteiger partial charge in [-0.25, -0.2) is 4.79 Å². The van der Waals surface area contributed by atoms with Crippen LogP contribution in [-0.4, -0.2) is 20.9 Å². The fraction of sp³-hybridized carbons (Fsp3) is 0.333. The Morgan fingerprint density at radius 2 is 1.90 bits per heavy atom. The van der Waals surface area contributed by atoms with Crippen LogP contribution in [0.25, 0.3) is 0 Å². The van der Waals surface area contributed by atoms with Crippen molar-refractivity contribution >= 4 is 11.7 Å². The Balaban J connectivity index is 2.10. The summed E-state index contributed by atoms with van der Waals surface area (Å²) >= 11 is 0. The lowest BCUT2D eigenvalue weighted by Crippen LogP contribution is -2.11. The fourth-order valence-corrected chi connectivity index (χ4v) is 2.07. The van der Waals surface area contributed by atoms with Gasteiger partial charge in [-0.15, -0.1) is 0 Å². The van der Waals surface area contributed by atoms with Crippen LogP contribution in [0.15, 0.2) is 30.5 Å². The molecule has 106 valence electrons. The van der Waals surface area contributed by atoms with Crippen molar-refractivity contribution in [3.05, 3.63) is 47.3 Å². The zero-order valence-corrected chi connectivity index (χ0v) is 11.8. The van der Waals surface area contributed by atoms with E-state index in [0.29, 0.717) is 18.8 Å². The predicted molar refractivity (Wildman–Crippen MR) is 78.0 cm³/mol. The van der Waals surface area contributed by atoms with Crippen LogP contribution in [0.1, 0.15) is 35.5 Å². The highest BCUT2D eigenvalue weighted by Crippen LogP contribution is 2.16. The molecule has 0 spiro atoms. The molecule has 2 N–H and O–H groups in total. The highest BCUT2D eigenvalue weighted by Gasteiger charge is 2.16. The number of aromatic nitrogens is 2. The summed E-state index contributed by atoms with van der Waals surface area (Å²) in [5.74, 6) is -0.965. The molecule has 0 bridgehead atoms. The van der Waals surface area contributed by atoms with E-state index in [0.717, 1.165) is 12.0 Å². The van der Waals surface area contributed by atoms with Crippen molar-refractivity contribution in [1.82, 2.24) is 9.78 Å². The van der Waals surface area contributed by atoms with E-state index in [1.54, 1.807) is 6.20 Å². The summed E-state index contributed by atoms with van der Waals surface area (Å²) in [6, 6.07) is 8.28. The Morgan fingerprint density at radius 3 is 2.45 bits per heavy atom. The van der Waals surface area contributed by atoms with E-state index in [2.05, 4.69) is 41.6 Å². The molecule has 0 unspecified atom stereocenters. The maximum absolute atomic E-state index is 11.3. The van der Waals surface area contributed by atoms with E-state index >= 15 is 0 Å². The topological polar surface area (TPSA) is 67.2 Å². The summed E-state index contributed by atoms with van der Waals surface area (Å²) in [5, 5.41) is 16.4. The third kappa shape index (κ3) is 2.99. The Hall–Kier alpha value is -2.30. The number of anilines is 1. The van der Waals surface area contributed by atoms with Crippen LogP contribution >= 0.6 is 0 Å². The van der Waals surface area contributed by atoms with Crippen LogP contribution in [0, 0.1) is 0 Å². The molecule has 0 aliphatic heterocycles. The molecular weight excluding hydrogens is 254 g/mol. The van der Waals surface area contributed by atoms with E-state index in [4.69, 9.17) is 0 Å². The number of aryl methyl sites for hydroxylation is 2. The van der Waals surface area contributed by atoms with E-state index in [9.17, 15) is 9.90 Å². The number of benzene rings is 1. The molecule has 2 aromatic rings. The van der Waals surface area contributed by atoms with Crippen molar-refractivity contribution in [3.8, 4) is 0 Å². The maximum atomic E-state index is 11.3. The summed E-state index contributed by atoms with van der Waals surface area (Å²) < 4.78 is 1.48. The van der Waals surface area contributed by atoms with Crippen molar-refractivity contribution in [3.63, 3.8) is 0 Å². The molecule has 0 saturated carbocycles. The summed E-state index contributed by atoms with van der Waals surface area (Å²) in [7, 11) is 0. The summed E-state index contributed by atoms with van der Waals surface area (Å²) in [6.07, 6.45) is 2.58. The molecule has 0 fully saturated rings. The van der Waals surface area contributed by atoms with Gasteiger partial charge in [-0.2, -0.15) is 5.10 Å². The summed E-state index contributed by atoms with van der Waals surface area (Å²) in [6.45, 7) is 5.10. The van der Waals surface area contributed by atoms with Gasteiger partial charge in [0.05, 0.1) is 11.9 Å². The molecule has 0 saturated heterocycles. The lowest BCUT2D eigenvalue weighted by Gasteiger charge is -2.07. The quantitative estimate of drug-likeness (QED) is 0.849. The lowest BCUT2D eigenvalue weighted by atomic mass is 10.1. The SMILES string of the molecule is CCc1ccc(CNc2cnn(CC)c2C(=O)O)cc1. The monoisotopic (exact) mass is 273 g/mol. The van der Waals surface area contributed by atoms with Gasteiger partial charge >= 0.3 is 5.97 Å². The normalized spacial score (nSPS) is 10.5. The molecule has 0 atom stereocenters. The Kier molecular flexibility index (Phi) is 4.40. The number of hydrogen-bond acceptors (Lipinski definition) is 3. The maximum Gasteiger partial charge on any atom is 0.356 e. The van der Waals surface area contributed by atoms with Crippen LogP contribution in [0.4, 0.5) is 5.69 Å². The zero-order chi connectivity index (χ0) is 14.5. The van der Waals surface area contributed by atoms with Gasteiger partial charge in [-0.3, -0.25) is 4.68 Å². The van der Waals surface area contributed by atoms with Gasteiger partial charge in [0.15, 0.2) is 5.69 Å². The molecular formula is C15H19N3O2. The lowest BCUT2D eigenvalue weighted by molar-refractivity contribution is 0.0684. The first-order valence-electron chi connectivity index (χ1n) is 6.76. The van der Waals surface area contributed by atoms with Crippen molar-refractivity contribution in [2.24, 2.45) is 0 Å². The Morgan fingerprint density at radius 1 is 1.25 bits per heavy atom. The van der Waals surface area contributed by atoms with Crippen LogP contribution in [0.5, 0.6) is 0 Å². The average molecular weight is 273 g/mol. The van der Waals surface area contributed by atoms with Crippen molar-refractivity contribution in [2.75, 3.05) is 5.32 Å². The van der Waals surface area contributed by atoms with E-state index in [1.807, 2.05) is 6.92 Å². The number of rotatable bonds is 6. The number of carboxylic acid groups (broad SMARTS) is 1. The molecule has 0 amide bonds. The summed E-state index contributed by atoms with van der Waals surface area (Å²) in [4.78, 5) is 11.3. The number of hydrogen-bond donors (Lipinski definition) is 2. The number of nitrogens with one attached hydrogen (secondary N) is 1. The molecule has 0 radical (unpaired) electrons.